The molecule has 0 spiro atoms. The molecule has 0 aliphatic carbocycles. The van der Waals surface area contributed by atoms with Crippen molar-refractivity contribution in [2.75, 3.05) is 25.3 Å². The van der Waals surface area contributed by atoms with Gasteiger partial charge in [-0.05, 0) is 54.5 Å². The summed E-state index contributed by atoms with van der Waals surface area (Å²) in [5.41, 5.74) is 2.19. The first-order valence-electron chi connectivity index (χ1n) is 8.77. The number of carbonyl (C=O) groups is 2. The predicted molar refractivity (Wildman–Crippen MR) is 109 cm³/mol. The van der Waals surface area contributed by atoms with Gasteiger partial charge in [0.1, 0.15) is 11.3 Å². The lowest BCUT2D eigenvalue weighted by Crippen LogP contribution is -2.21. The Balaban J connectivity index is 1.92. The third-order valence-electron chi connectivity index (χ3n) is 4.34. The maximum atomic E-state index is 12.2. The SMILES string of the molecule is CC[C@@H](C)c1ccc(NC(=O)COC(=O)c2ccc(SC)cc2OC)cc1. The summed E-state index contributed by atoms with van der Waals surface area (Å²) in [6.07, 6.45) is 3.00. The van der Waals surface area contributed by atoms with E-state index in [4.69, 9.17) is 9.47 Å². The summed E-state index contributed by atoms with van der Waals surface area (Å²) in [6.45, 7) is 3.94. The van der Waals surface area contributed by atoms with Crippen molar-refractivity contribution in [3.05, 3.63) is 53.6 Å². The lowest BCUT2D eigenvalue weighted by Gasteiger charge is -2.11. The van der Waals surface area contributed by atoms with Crippen LogP contribution in [0.3, 0.4) is 0 Å². The number of carbonyl (C=O) groups excluding carboxylic acids is 2. The van der Waals surface area contributed by atoms with Crippen molar-refractivity contribution in [1.29, 1.82) is 0 Å². The van der Waals surface area contributed by atoms with Crippen LogP contribution >= 0.6 is 11.8 Å². The molecule has 2 rings (SSSR count). The highest BCUT2D eigenvalue weighted by molar-refractivity contribution is 7.98. The van der Waals surface area contributed by atoms with Gasteiger partial charge in [0.15, 0.2) is 6.61 Å². The highest BCUT2D eigenvalue weighted by atomic mass is 32.2. The Morgan fingerprint density at radius 3 is 2.44 bits per heavy atom. The number of methoxy groups -OCH3 is 1. The molecule has 0 saturated carbocycles. The average molecular weight is 388 g/mol. The summed E-state index contributed by atoms with van der Waals surface area (Å²) < 4.78 is 10.4. The minimum Gasteiger partial charge on any atom is -0.496 e. The molecule has 0 fully saturated rings. The molecule has 144 valence electrons. The van der Waals surface area contributed by atoms with Gasteiger partial charge in [0.25, 0.3) is 5.91 Å². The standard InChI is InChI=1S/C21H25NO4S/c1-5-14(2)15-6-8-16(9-7-15)22-20(23)13-26-21(24)18-11-10-17(27-4)12-19(18)25-3/h6-12,14H,5,13H2,1-4H3,(H,22,23)/t14-/m1/s1. The lowest BCUT2D eigenvalue weighted by molar-refractivity contribution is -0.119. The molecule has 0 radical (unpaired) electrons. The molecule has 2 aromatic carbocycles. The number of ether oxygens (including phenoxy) is 2. The smallest absolute Gasteiger partial charge is 0.342 e. The summed E-state index contributed by atoms with van der Waals surface area (Å²) in [4.78, 5) is 25.3. The van der Waals surface area contributed by atoms with Crippen molar-refractivity contribution in [3.8, 4) is 5.75 Å². The van der Waals surface area contributed by atoms with Gasteiger partial charge in [-0.25, -0.2) is 4.79 Å². The van der Waals surface area contributed by atoms with Gasteiger partial charge >= 0.3 is 5.97 Å². The zero-order valence-corrected chi connectivity index (χ0v) is 16.9. The van der Waals surface area contributed by atoms with Gasteiger partial charge in [-0.15, -0.1) is 11.8 Å². The Labute approximate surface area is 164 Å². The third kappa shape index (κ3) is 5.76. The molecule has 27 heavy (non-hydrogen) atoms. The molecule has 0 heterocycles. The molecule has 0 saturated heterocycles. The zero-order chi connectivity index (χ0) is 19.8. The fourth-order valence-corrected chi connectivity index (χ4v) is 2.93. The molecule has 0 aromatic heterocycles. The van der Waals surface area contributed by atoms with Crippen molar-refractivity contribution in [2.45, 2.75) is 31.1 Å². The van der Waals surface area contributed by atoms with Gasteiger partial charge < -0.3 is 14.8 Å². The first kappa shape index (κ1) is 20.8. The number of rotatable bonds is 8. The summed E-state index contributed by atoms with van der Waals surface area (Å²) in [6, 6.07) is 12.9. The van der Waals surface area contributed by atoms with Crippen molar-refractivity contribution in [3.63, 3.8) is 0 Å². The third-order valence-corrected chi connectivity index (χ3v) is 5.06. The fraction of sp³-hybridized carbons (Fsp3) is 0.333. The maximum absolute atomic E-state index is 12.2. The Bertz CT molecular complexity index is 789. The van der Waals surface area contributed by atoms with Crippen molar-refractivity contribution in [1.82, 2.24) is 0 Å². The molecule has 5 nitrogen and oxygen atoms in total. The quantitative estimate of drug-likeness (QED) is 0.524. The maximum Gasteiger partial charge on any atom is 0.342 e. The number of thioether (sulfide) groups is 1. The highest BCUT2D eigenvalue weighted by Crippen LogP contribution is 2.26. The van der Waals surface area contributed by atoms with Gasteiger partial charge in [0.05, 0.1) is 7.11 Å². The second-order valence-electron chi connectivity index (χ2n) is 6.12. The molecule has 0 aliphatic rings. The first-order chi connectivity index (χ1) is 13.0. The van der Waals surface area contributed by atoms with Crippen LogP contribution in [0.25, 0.3) is 0 Å². The number of anilines is 1. The average Bonchev–Trinajstić information content (AvgIpc) is 2.71. The Morgan fingerprint density at radius 2 is 1.85 bits per heavy atom. The van der Waals surface area contributed by atoms with Crippen LogP contribution in [0.15, 0.2) is 47.4 Å². The number of nitrogens with one attached hydrogen (secondary N) is 1. The molecule has 1 amide bonds. The molecular weight excluding hydrogens is 362 g/mol. The number of benzene rings is 2. The highest BCUT2D eigenvalue weighted by Gasteiger charge is 2.16. The van der Waals surface area contributed by atoms with Crippen molar-refractivity contribution < 1.29 is 19.1 Å². The van der Waals surface area contributed by atoms with E-state index < -0.39 is 5.97 Å². The van der Waals surface area contributed by atoms with Gasteiger partial charge in [0.2, 0.25) is 0 Å². The molecule has 0 bridgehead atoms. The van der Waals surface area contributed by atoms with E-state index in [-0.39, 0.29) is 12.5 Å². The molecule has 1 N–H and O–H groups in total. The van der Waals surface area contributed by atoms with Crippen molar-refractivity contribution >= 4 is 29.3 Å². The van der Waals surface area contributed by atoms with Crippen LogP contribution in [-0.2, 0) is 9.53 Å². The number of hydrogen-bond acceptors (Lipinski definition) is 5. The second kappa shape index (κ2) is 10.0. The van der Waals surface area contributed by atoms with Crippen LogP contribution < -0.4 is 10.1 Å². The van der Waals surface area contributed by atoms with Crippen molar-refractivity contribution in [2.24, 2.45) is 0 Å². The van der Waals surface area contributed by atoms with Crippen LogP contribution in [0.2, 0.25) is 0 Å². The van der Waals surface area contributed by atoms with E-state index in [1.165, 1.54) is 12.7 Å². The summed E-state index contributed by atoms with van der Waals surface area (Å²) in [5, 5.41) is 2.73. The van der Waals surface area contributed by atoms with Crippen LogP contribution in [0.1, 0.15) is 42.1 Å². The van der Waals surface area contributed by atoms with Gasteiger partial charge in [-0.1, -0.05) is 26.0 Å². The molecule has 6 heteroatoms. The largest absolute Gasteiger partial charge is 0.496 e. The second-order valence-corrected chi connectivity index (χ2v) is 7.00. The van der Waals surface area contributed by atoms with E-state index in [1.807, 2.05) is 36.6 Å². The predicted octanol–water partition coefficient (Wildman–Crippen LogP) is 4.73. The fourth-order valence-electron chi connectivity index (χ4n) is 2.50. The van der Waals surface area contributed by atoms with Crippen LogP contribution in [-0.4, -0.2) is 31.8 Å². The Hall–Kier alpha value is -2.47. The van der Waals surface area contributed by atoms with E-state index in [0.717, 1.165) is 11.3 Å². The van der Waals surface area contributed by atoms with E-state index in [1.54, 1.807) is 23.9 Å². The van der Waals surface area contributed by atoms with Gasteiger partial charge in [0, 0.05) is 10.6 Å². The summed E-state index contributed by atoms with van der Waals surface area (Å²) in [5.74, 6) is -0.0859. The lowest BCUT2D eigenvalue weighted by atomic mass is 9.99. The monoisotopic (exact) mass is 387 g/mol. The van der Waals surface area contributed by atoms with E-state index >= 15 is 0 Å². The van der Waals surface area contributed by atoms with E-state index in [0.29, 0.717) is 22.9 Å². The van der Waals surface area contributed by atoms with Crippen LogP contribution in [0, 0.1) is 0 Å². The topological polar surface area (TPSA) is 64.6 Å². The molecular formula is C21H25NO4S. The van der Waals surface area contributed by atoms with Gasteiger partial charge in [-0.2, -0.15) is 0 Å². The Morgan fingerprint density at radius 1 is 1.15 bits per heavy atom. The minimum absolute atomic E-state index is 0.293. The number of amides is 1. The molecule has 1 atom stereocenters. The van der Waals surface area contributed by atoms with Crippen LogP contribution in [0.4, 0.5) is 5.69 Å². The normalized spacial score (nSPS) is 11.6. The molecule has 0 unspecified atom stereocenters. The number of hydrogen-bond donors (Lipinski definition) is 1. The molecule has 0 aliphatic heterocycles. The minimum atomic E-state index is -0.596. The van der Waals surface area contributed by atoms with E-state index in [2.05, 4.69) is 19.2 Å². The Kier molecular flexibility index (Phi) is 7.73. The van der Waals surface area contributed by atoms with E-state index in [9.17, 15) is 9.59 Å². The zero-order valence-electron chi connectivity index (χ0n) is 16.1. The molecule has 2 aromatic rings. The number of esters is 1. The first-order valence-corrected chi connectivity index (χ1v) is 9.99. The summed E-state index contributed by atoms with van der Waals surface area (Å²) >= 11 is 1.55. The summed E-state index contributed by atoms with van der Waals surface area (Å²) in [7, 11) is 1.49. The van der Waals surface area contributed by atoms with Crippen LogP contribution in [0.5, 0.6) is 5.75 Å². The van der Waals surface area contributed by atoms with Gasteiger partial charge in [-0.3, -0.25) is 4.79 Å².